The molecule has 0 bridgehead atoms. The summed E-state index contributed by atoms with van der Waals surface area (Å²) >= 11 is 5.92. The summed E-state index contributed by atoms with van der Waals surface area (Å²) in [6.45, 7) is 4.97. The second-order valence-electron chi connectivity index (χ2n) is 6.44. The lowest BCUT2D eigenvalue weighted by Gasteiger charge is -2.28. The Morgan fingerprint density at radius 3 is 2.68 bits per heavy atom. The molecule has 25 heavy (non-hydrogen) atoms. The Labute approximate surface area is 150 Å². The third-order valence-corrected chi connectivity index (χ3v) is 4.77. The van der Waals surface area contributed by atoms with Crippen LogP contribution in [-0.4, -0.2) is 20.8 Å². The van der Waals surface area contributed by atoms with Crippen molar-refractivity contribution >= 4 is 11.6 Å². The summed E-state index contributed by atoms with van der Waals surface area (Å²) in [5, 5.41) is 8.68. The number of hydrogen-bond donors (Lipinski definition) is 1. The first-order valence-electron chi connectivity index (χ1n) is 8.27. The Morgan fingerprint density at radius 2 is 1.96 bits per heavy atom. The second kappa shape index (κ2) is 6.24. The summed E-state index contributed by atoms with van der Waals surface area (Å²) in [5.41, 5.74) is 4.07. The maximum atomic E-state index is 14.6. The minimum Gasteiger partial charge on any atom is -0.304 e. The average molecular weight is 357 g/mol. The first kappa shape index (κ1) is 16.2. The highest BCUT2D eigenvalue weighted by Crippen LogP contribution is 2.39. The Hall–Kier alpha value is -2.24. The number of fused-ring (bicyclic) bond motifs is 1. The first-order chi connectivity index (χ1) is 12.0. The van der Waals surface area contributed by atoms with Gasteiger partial charge in [0.1, 0.15) is 11.5 Å². The van der Waals surface area contributed by atoms with Crippen LogP contribution in [0.5, 0.6) is 0 Å². The van der Waals surface area contributed by atoms with Crippen molar-refractivity contribution < 1.29 is 4.39 Å². The summed E-state index contributed by atoms with van der Waals surface area (Å²) < 4.78 is 16.6. The molecule has 2 atom stereocenters. The van der Waals surface area contributed by atoms with Gasteiger partial charge < -0.3 is 5.32 Å². The van der Waals surface area contributed by atoms with Crippen molar-refractivity contribution in [2.75, 3.05) is 0 Å². The van der Waals surface area contributed by atoms with Gasteiger partial charge in [-0.05, 0) is 49.7 Å². The van der Waals surface area contributed by atoms with E-state index in [0.29, 0.717) is 22.3 Å². The van der Waals surface area contributed by atoms with Crippen molar-refractivity contribution in [3.63, 3.8) is 0 Å². The van der Waals surface area contributed by atoms with Gasteiger partial charge in [-0.15, -0.1) is 0 Å². The minimum absolute atomic E-state index is 0.114. The third kappa shape index (κ3) is 2.83. The minimum atomic E-state index is -0.369. The van der Waals surface area contributed by atoms with E-state index in [-0.39, 0.29) is 11.9 Å². The molecular weight excluding hydrogens is 339 g/mol. The monoisotopic (exact) mass is 356 g/mol. The molecule has 0 saturated carbocycles. The smallest absolute Gasteiger partial charge is 0.134 e. The molecule has 0 amide bonds. The van der Waals surface area contributed by atoms with Crippen LogP contribution in [0.2, 0.25) is 5.02 Å². The fourth-order valence-electron chi connectivity index (χ4n) is 3.55. The maximum Gasteiger partial charge on any atom is 0.134 e. The van der Waals surface area contributed by atoms with Crippen LogP contribution in [0.3, 0.4) is 0 Å². The average Bonchev–Trinajstić information content (AvgIpc) is 2.95. The maximum absolute atomic E-state index is 14.6. The predicted octanol–water partition coefficient (Wildman–Crippen LogP) is 4.46. The molecule has 1 aliphatic rings. The zero-order valence-electron chi connectivity index (χ0n) is 14.0. The molecule has 1 aromatic carbocycles. The summed E-state index contributed by atoms with van der Waals surface area (Å²) in [7, 11) is 0. The molecular formula is C19H18ClFN4. The number of hydrogen-bond acceptors (Lipinski definition) is 3. The van der Waals surface area contributed by atoms with Gasteiger partial charge in [0.2, 0.25) is 0 Å². The van der Waals surface area contributed by atoms with Crippen LogP contribution in [0.15, 0.2) is 42.7 Å². The SMILES string of the molecule is CC1N[C@H](C)Cn2nc(-c3ccc(Cl)cc3F)c(-c3ccncc3)c21. The van der Waals surface area contributed by atoms with Gasteiger partial charge in [0.15, 0.2) is 0 Å². The van der Waals surface area contributed by atoms with E-state index in [9.17, 15) is 4.39 Å². The first-order valence-corrected chi connectivity index (χ1v) is 8.65. The fourth-order valence-corrected chi connectivity index (χ4v) is 3.70. The molecule has 6 heteroatoms. The highest BCUT2D eigenvalue weighted by atomic mass is 35.5. The lowest BCUT2D eigenvalue weighted by atomic mass is 9.96. The topological polar surface area (TPSA) is 42.7 Å². The molecule has 1 unspecified atom stereocenters. The predicted molar refractivity (Wildman–Crippen MR) is 96.9 cm³/mol. The zero-order valence-corrected chi connectivity index (χ0v) is 14.8. The Kier molecular flexibility index (Phi) is 4.06. The van der Waals surface area contributed by atoms with Gasteiger partial charge in [-0.3, -0.25) is 9.67 Å². The van der Waals surface area contributed by atoms with Crippen LogP contribution in [-0.2, 0) is 6.54 Å². The lowest BCUT2D eigenvalue weighted by Crippen LogP contribution is -2.39. The van der Waals surface area contributed by atoms with E-state index in [0.717, 1.165) is 23.4 Å². The number of nitrogens with one attached hydrogen (secondary N) is 1. The van der Waals surface area contributed by atoms with Crippen molar-refractivity contribution in [3.8, 4) is 22.4 Å². The quantitative estimate of drug-likeness (QED) is 0.737. The number of benzene rings is 1. The van der Waals surface area contributed by atoms with Crippen LogP contribution in [0.25, 0.3) is 22.4 Å². The standard InChI is InChI=1S/C19H18ClFN4/c1-11-10-25-19(12(2)23-11)17(13-5-7-22-8-6-13)18(24-25)15-4-3-14(20)9-16(15)21/h3-9,11-12,23H,10H2,1-2H3/t11-,12?/m1/s1. The molecule has 0 saturated heterocycles. The van der Waals surface area contributed by atoms with Gasteiger partial charge in [-0.25, -0.2) is 4.39 Å². The number of aromatic nitrogens is 3. The van der Waals surface area contributed by atoms with Gasteiger partial charge in [-0.2, -0.15) is 5.10 Å². The van der Waals surface area contributed by atoms with E-state index in [1.165, 1.54) is 6.07 Å². The highest BCUT2D eigenvalue weighted by molar-refractivity contribution is 6.30. The van der Waals surface area contributed by atoms with Gasteiger partial charge in [-0.1, -0.05) is 11.6 Å². The third-order valence-electron chi connectivity index (χ3n) is 4.54. The van der Waals surface area contributed by atoms with E-state index in [1.807, 2.05) is 16.8 Å². The van der Waals surface area contributed by atoms with Crippen molar-refractivity contribution in [3.05, 3.63) is 59.3 Å². The summed E-state index contributed by atoms with van der Waals surface area (Å²) in [6, 6.07) is 8.99. The molecule has 1 N–H and O–H groups in total. The van der Waals surface area contributed by atoms with Crippen molar-refractivity contribution in [1.29, 1.82) is 0 Å². The summed E-state index contributed by atoms with van der Waals surface area (Å²) in [6.07, 6.45) is 3.48. The van der Waals surface area contributed by atoms with Crippen LogP contribution < -0.4 is 5.32 Å². The van der Waals surface area contributed by atoms with Gasteiger partial charge in [0.05, 0.1) is 12.2 Å². The molecule has 0 aliphatic carbocycles. The van der Waals surface area contributed by atoms with Gasteiger partial charge >= 0.3 is 0 Å². The Bertz CT molecular complexity index is 923. The van der Waals surface area contributed by atoms with Crippen LogP contribution in [0, 0.1) is 5.82 Å². The van der Waals surface area contributed by atoms with Gasteiger partial charge in [0.25, 0.3) is 0 Å². The molecule has 3 heterocycles. The van der Waals surface area contributed by atoms with Crippen molar-refractivity contribution in [1.82, 2.24) is 20.1 Å². The van der Waals surface area contributed by atoms with Gasteiger partial charge in [0, 0.05) is 40.6 Å². The number of halogens is 2. The molecule has 4 nitrogen and oxygen atoms in total. The van der Waals surface area contributed by atoms with E-state index in [2.05, 4.69) is 24.1 Å². The van der Waals surface area contributed by atoms with E-state index < -0.39 is 0 Å². The van der Waals surface area contributed by atoms with Crippen LogP contribution in [0.1, 0.15) is 25.6 Å². The molecule has 1 aliphatic heterocycles. The number of nitrogens with zero attached hydrogens (tertiary/aromatic N) is 3. The van der Waals surface area contributed by atoms with Crippen molar-refractivity contribution in [2.45, 2.75) is 32.5 Å². The van der Waals surface area contributed by atoms with E-state index in [1.54, 1.807) is 24.5 Å². The lowest BCUT2D eigenvalue weighted by molar-refractivity contribution is 0.345. The molecule has 0 fully saturated rings. The number of rotatable bonds is 2. The highest BCUT2D eigenvalue weighted by Gasteiger charge is 2.30. The van der Waals surface area contributed by atoms with E-state index in [4.69, 9.17) is 16.7 Å². The van der Waals surface area contributed by atoms with Crippen LogP contribution >= 0.6 is 11.6 Å². The largest absolute Gasteiger partial charge is 0.304 e. The van der Waals surface area contributed by atoms with Crippen LogP contribution in [0.4, 0.5) is 4.39 Å². The van der Waals surface area contributed by atoms with E-state index >= 15 is 0 Å². The molecule has 2 aromatic heterocycles. The molecule has 128 valence electrons. The molecule has 0 spiro atoms. The Balaban J connectivity index is 2.00. The zero-order chi connectivity index (χ0) is 17.6. The molecule has 0 radical (unpaired) electrons. The summed E-state index contributed by atoms with van der Waals surface area (Å²) in [4.78, 5) is 4.10. The molecule has 3 aromatic rings. The summed E-state index contributed by atoms with van der Waals surface area (Å²) in [5.74, 6) is -0.369. The number of pyridine rings is 1. The molecule has 4 rings (SSSR count). The van der Waals surface area contributed by atoms with Crippen molar-refractivity contribution in [2.24, 2.45) is 0 Å². The fraction of sp³-hybridized carbons (Fsp3) is 0.263. The normalized spacial score (nSPS) is 19.7. The Morgan fingerprint density at radius 1 is 1.20 bits per heavy atom. The second-order valence-corrected chi connectivity index (χ2v) is 6.88.